The predicted molar refractivity (Wildman–Crippen MR) is 140 cm³/mol. The van der Waals surface area contributed by atoms with Gasteiger partial charge in [0, 0.05) is 0 Å². The molecule has 0 saturated heterocycles. The summed E-state index contributed by atoms with van der Waals surface area (Å²) in [6, 6.07) is 0. The number of unbranched alkanes of at least 4 members (excludes halogenated alkanes) is 2. The second-order valence-electron chi connectivity index (χ2n) is 12.4. The Hall–Kier alpha value is -0.530. The van der Waals surface area contributed by atoms with Crippen molar-refractivity contribution in [3.63, 3.8) is 0 Å². The number of carbonyl (C=O) groups excluding carboxylic acids is 1. The normalized spacial score (nSPS) is 35.0. The van der Waals surface area contributed by atoms with Crippen molar-refractivity contribution >= 4 is 5.97 Å². The van der Waals surface area contributed by atoms with E-state index in [-0.39, 0.29) is 11.9 Å². The van der Waals surface area contributed by atoms with Gasteiger partial charge in [0.15, 0.2) is 0 Å². The van der Waals surface area contributed by atoms with E-state index >= 15 is 0 Å². The third kappa shape index (κ3) is 7.99. The molecule has 2 heteroatoms. The van der Waals surface area contributed by atoms with Gasteiger partial charge in [0.2, 0.25) is 0 Å². The Bertz CT molecular complexity index is 533. The maximum Gasteiger partial charge on any atom is 0.308 e. The standard InChI is InChI=1S/C31H56O2/c1-5-7-8-22-33-31(32)30-20-18-29(19-21-30)24(4)28-16-14-27(15-17-28)23(3)26-12-10-25(9-6-2)11-13-26/h23-30H,5-22H2,1-4H3. The molecule has 0 aromatic rings. The van der Waals surface area contributed by atoms with E-state index in [0.717, 1.165) is 60.7 Å². The van der Waals surface area contributed by atoms with Crippen molar-refractivity contribution in [1.29, 1.82) is 0 Å². The molecule has 3 fully saturated rings. The lowest BCUT2D eigenvalue weighted by Crippen LogP contribution is -2.33. The molecule has 2 atom stereocenters. The number of hydrogen-bond acceptors (Lipinski definition) is 2. The maximum atomic E-state index is 12.4. The minimum Gasteiger partial charge on any atom is -0.465 e. The number of hydrogen-bond donors (Lipinski definition) is 0. The zero-order valence-electron chi connectivity index (χ0n) is 22.7. The molecule has 192 valence electrons. The average molecular weight is 461 g/mol. The van der Waals surface area contributed by atoms with Crippen molar-refractivity contribution in [1.82, 2.24) is 0 Å². The van der Waals surface area contributed by atoms with Gasteiger partial charge in [-0.15, -0.1) is 0 Å². The smallest absolute Gasteiger partial charge is 0.308 e. The summed E-state index contributed by atoms with van der Waals surface area (Å²) in [6.45, 7) is 10.3. The first-order valence-electron chi connectivity index (χ1n) is 15.2. The van der Waals surface area contributed by atoms with Crippen molar-refractivity contribution in [3.05, 3.63) is 0 Å². The molecule has 0 heterocycles. The van der Waals surface area contributed by atoms with Crippen LogP contribution in [0.4, 0.5) is 0 Å². The summed E-state index contributed by atoms with van der Waals surface area (Å²) in [6.07, 6.45) is 22.7. The fourth-order valence-electron chi connectivity index (χ4n) is 7.90. The van der Waals surface area contributed by atoms with Crippen LogP contribution in [0.25, 0.3) is 0 Å². The summed E-state index contributed by atoms with van der Waals surface area (Å²) in [5.41, 5.74) is 0. The van der Waals surface area contributed by atoms with Crippen molar-refractivity contribution in [2.45, 2.75) is 137 Å². The van der Waals surface area contributed by atoms with E-state index < -0.39 is 0 Å². The van der Waals surface area contributed by atoms with Crippen LogP contribution in [-0.2, 0) is 9.53 Å². The van der Waals surface area contributed by atoms with Crippen LogP contribution in [0.5, 0.6) is 0 Å². The minimum absolute atomic E-state index is 0.0930. The van der Waals surface area contributed by atoms with Gasteiger partial charge in [0.05, 0.1) is 12.5 Å². The van der Waals surface area contributed by atoms with Crippen molar-refractivity contribution in [2.75, 3.05) is 6.61 Å². The van der Waals surface area contributed by atoms with Crippen molar-refractivity contribution in [2.24, 2.45) is 47.3 Å². The summed E-state index contributed by atoms with van der Waals surface area (Å²) >= 11 is 0. The fourth-order valence-corrected chi connectivity index (χ4v) is 7.90. The van der Waals surface area contributed by atoms with Gasteiger partial charge in [-0.2, -0.15) is 0 Å². The molecule has 0 aromatic heterocycles. The molecule has 0 radical (unpaired) electrons. The van der Waals surface area contributed by atoms with Gasteiger partial charge in [0.1, 0.15) is 0 Å². The van der Waals surface area contributed by atoms with Crippen LogP contribution in [-0.4, -0.2) is 12.6 Å². The van der Waals surface area contributed by atoms with E-state index in [9.17, 15) is 4.79 Å². The molecule has 0 spiro atoms. The first-order valence-corrected chi connectivity index (χ1v) is 15.2. The van der Waals surface area contributed by atoms with E-state index in [2.05, 4.69) is 27.7 Å². The Labute approximate surface area is 206 Å². The lowest BCUT2D eigenvalue weighted by molar-refractivity contribution is -0.150. The molecule has 33 heavy (non-hydrogen) atoms. The SMILES string of the molecule is CCCCCOC(=O)C1CCC(C(C)C2CCC(C(C)C3CCC(CCC)CC3)CC2)CC1. The van der Waals surface area contributed by atoms with Gasteiger partial charge in [-0.3, -0.25) is 4.79 Å². The van der Waals surface area contributed by atoms with Gasteiger partial charge >= 0.3 is 5.97 Å². The second-order valence-corrected chi connectivity index (χ2v) is 12.4. The molecule has 0 amide bonds. The van der Waals surface area contributed by atoms with Crippen LogP contribution in [0, 0.1) is 47.3 Å². The largest absolute Gasteiger partial charge is 0.465 e. The predicted octanol–water partition coefficient (Wildman–Crippen LogP) is 9.21. The Kier molecular flexibility index (Phi) is 11.6. The first-order chi connectivity index (χ1) is 16.0. The van der Waals surface area contributed by atoms with Crippen LogP contribution < -0.4 is 0 Å². The van der Waals surface area contributed by atoms with E-state index in [1.807, 2.05) is 0 Å². The molecule has 0 aromatic carbocycles. The Morgan fingerprint density at radius 3 is 1.58 bits per heavy atom. The van der Waals surface area contributed by atoms with Gasteiger partial charge in [-0.05, 0) is 112 Å². The number of rotatable bonds is 11. The lowest BCUT2D eigenvalue weighted by Gasteiger charge is -2.42. The zero-order chi connectivity index (χ0) is 23.6. The summed E-state index contributed by atoms with van der Waals surface area (Å²) in [5.74, 6) is 6.85. The maximum absolute atomic E-state index is 12.4. The van der Waals surface area contributed by atoms with Crippen LogP contribution >= 0.6 is 0 Å². The van der Waals surface area contributed by atoms with Crippen LogP contribution in [0.1, 0.15) is 137 Å². The van der Waals surface area contributed by atoms with E-state index in [4.69, 9.17) is 4.74 Å². The molecule has 2 unspecified atom stereocenters. The Balaban J connectivity index is 1.34. The highest BCUT2D eigenvalue weighted by atomic mass is 16.5. The third-order valence-corrected chi connectivity index (χ3v) is 10.5. The van der Waals surface area contributed by atoms with Crippen molar-refractivity contribution < 1.29 is 9.53 Å². The summed E-state index contributed by atoms with van der Waals surface area (Å²) in [5, 5.41) is 0. The lowest BCUT2D eigenvalue weighted by atomic mass is 9.63. The first kappa shape index (κ1) is 27.1. The quantitative estimate of drug-likeness (QED) is 0.227. The van der Waals surface area contributed by atoms with Gasteiger partial charge < -0.3 is 4.74 Å². The molecule has 3 aliphatic rings. The van der Waals surface area contributed by atoms with E-state index in [0.29, 0.717) is 6.61 Å². The number of esters is 1. The van der Waals surface area contributed by atoms with Crippen LogP contribution in [0.15, 0.2) is 0 Å². The van der Waals surface area contributed by atoms with Gasteiger partial charge in [-0.25, -0.2) is 0 Å². The highest BCUT2D eigenvalue weighted by Crippen LogP contribution is 2.46. The van der Waals surface area contributed by atoms with Gasteiger partial charge in [-0.1, -0.05) is 66.2 Å². The Morgan fingerprint density at radius 1 is 0.667 bits per heavy atom. The molecule has 3 aliphatic carbocycles. The molecule has 3 rings (SSSR count). The molecule has 0 N–H and O–H groups in total. The van der Waals surface area contributed by atoms with Crippen LogP contribution in [0.2, 0.25) is 0 Å². The number of carbonyl (C=O) groups is 1. The highest BCUT2D eigenvalue weighted by Gasteiger charge is 2.37. The van der Waals surface area contributed by atoms with E-state index in [1.165, 1.54) is 89.9 Å². The fraction of sp³-hybridized carbons (Fsp3) is 0.968. The molecule has 0 bridgehead atoms. The van der Waals surface area contributed by atoms with Gasteiger partial charge in [0.25, 0.3) is 0 Å². The summed E-state index contributed by atoms with van der Waals surface area (Å²) < 4.78 is 5.56. The third-order valence-electron chi connectivity index (χ3n) is 10.5. The van der Waals surface area contributed by atoms with Crippen LogP contribution in [0.3, 0.4) is 0 Å². The number of ether oxygens (including phenoxy) is 1. The molecule has 3 saturated carbocycles. The summed E-state index contributed by atoms with van der Waals surface area (Å²) in [4.78, 5) is 12.4. The highest BCUT2D eigenvalue weighted by molar-refractivity contribution is 5.72. The van der Waals surface area contributed by atoms with E-state index in [1.54, 1.807) is 0 Å². The average Bonchev–Trinajstić information content (AvgIpc) is 2.86. The molecular weight excluding hydrogens is 404 g/mol. The zero-order valence-corrected chi connectivity index (χ0v) is 22.7. The molecule has 2 nitrogen and oxygen atoms in total. The second kappa shape index (κ2) is 14.1. The molecule has 0 aliphatic heterocycles. The Morgan fingerprint density at radius 2 is 1.12 bits per heavy atom. The molecular formula is C31H56O2. The minimum atomic E-state index is 0.0930. The monoisotopic (exact) mass is 460 g/mol. The summed E-state index contributed by atoms with van der Waals surface area (Å²) in [7, 11) is 0. The van der Waals surface area contributed by atoms with Crippen molar-refractivity contribution in [3.8, 4) is 0 Å². The topological polar surface area (TPSA) is 26.3 Å².